The standard InChI is InChI=1S/C32H31F5O/c1-2-3-4-5-6-22-7-11-24(12-8-22)26-16-17-28-27(20-26)15-14-25(31(28)34)13-9-23-10-18-30(29(33)19-23)38-21-32(35,36)37/h7-8,10-12,14-20H,2-6,9,13,21H2,1H3. The van der Waals surface area contributed by atoms with Crippen LogP contribution in [0.4, 0.5) is 22.0 Å². The molecule has 0 spiro atoms. The number of aryl methyl sites for hydroxylation is 3. The van der Waals surface area contributed by atoms with Crippen LogP contribution in [0, 0.1) is 11.6 Å². The smallest absolute Gasteiger partial charge is 0.422 e. The summed E-state index contributed by atoms with van der Waals surface area (Å²) < 4.78 is 70.9. The molecule has 0 heterocycles. The number of fused-ring (bicyclic) bond motifs is 1. The Bertz CT molecular complexity index is 1360. The topological polar surface area (TPSA) is 9.23 Å². The molecule has 6 heteroatoms. The molecule has 4 aromatic carbocycles. The molecule has 0 aliphatic carbocycles. The Morgan fingerprint density at radius 2 is 1.42 bits per heavy atom. The van der Waals surface area contributed by atoms with Crippen molar-refractivity contribution in [1.29, 1.82) is 0 Å². The van der Waals surface area contributed by atoms with Crippen molar-refractivity contribution < 1.29 is 26.7 Å². The molecule has 0 bridgehead atoms. The quantitative estimate of drug-likeness (QED) is 0.140. The van der Waals surface area contributed by atoms with Crippen LogP contribution in [-0.4, -0.2) is 12.8 Å². The van der Waals surface area contributed by atoms with E-state index in [4.69, 9.17) is 0 Å². The Morgan fingerprint density at radius 3 is 2.13 bits per heavy atom. The van der Waals surface area contributed by atoms with Gasteiger partial charge in [-0.15, -0.1) is 0 Å². The van der Waals surface area contributed by atoms with Crippen molar-refractivity contribution in [3.05, 3.63) is 101 Å². The average Bonchev–Trinajstić information content (AvgIpc) is 2.90. The molecule has 0 aromatic heterocycles. The van der Waals surface area contributed by atoms with E-state index in [0.29, 0.717) is 29.4 Å². The molecule has 0 unspecified atom stereocenters. The Labute approximate surface area is 220 Å². The molecule has 0 saturated heterocycles. The lowest BCUT2D eigenvalue weighted by Crippen LogP contribution is -2.19. The Morgan fingerprint density at radius 1 is 0.684 bits per heavy atom. The van der Waals surface area contributed by atoms with E-state index >= 15 is 4.39 Å². The van der Waals surface area contributed by atoms with Crippen LogP contribution in [0.2, 0.25) is 0 Å². The van der Waals surface area contributed by atoms with Gasteiger partial charge in [-0.05, 0) is 77.1 Å². The summed E-state index contributed by atoms with van der Waals surface area (Å²) in [5, 5.41) is 1.31. The fourth-order valence-corrected chi connectivity index (χ4v) is 4.58. The SMILES string of the molecule is CCCCCCc1ccc(-c2ccc3c(F)c(CCc4ccc(OCC(F)(F)F)c(F)c4)ccc3c2)cc1. The maximum absolute atomic E-state index is 15.3. The zero-order chi connectivity index (χ0) is 27.1. The Balaban J connectivity index is 1.41. The lowest BCUT2D eigenvalue weighted by atomic mass is 9.96. The maximum Gasteiger partial charge on any atom is 0.422 e. The third kappa shape index (κ3) is 7.33. The van der Waals surface area contributed by atoms with Gasteiger partial charge in [-0.25, -0.2) is 8.78 Å². The van der Waals surface area contributed by atoms with Gasteiger partial charge in [0, 0.05) is 5.39 Å². The van der Waals surface area contributed by atoms with Crippen molar-refractivity contribution in [1.82, 2.24) is 0 Å². The van der Waals surface area contributed by atoms with Gasteiger partial charge in [0.2, 0.25) is 0 Å². The van der Waals surface area contributed by atoms with Crippen LogP contribution in [0.5, 0.6) is 5.75 Å². The van der Waals surface area contributed by atoms with Crippen molar-refractivity contribution in [3.8, 4) is 16.9 Å². The van der Waals surface area contributed by atoms with Gasteiger partial charge < -0.3 is 4.74 Å². The minimum Gasteiger partial charge on any atom is -0.481 e. The molecule has 0 radical (unpaired) electrons. The van der Waals surface area contributed by atoms with Gasteiger partial charge in [-0.2, -0.15) is 13.2 Å². The van der Waals surface area contributed by atoms with E-state index in [9.17, 15) is 17.6 Å². The first-order chi connectivity index (χ1) is 18.2. The maximum atomic E-state index is 15.3. The third-order valence-corrected chi connectivity index (χ3v) is 6.71. The molecule has 0 atom stereocenters. The summed E-state index contributed by atoms with van der Waals surface area (Å²) in [6.07, 6.45) is 2.13. The normalized spacial score (nSPS) is 11.7. The number of halogens is 5. The van der Waals surface area contributed by atoms with Crippen LogP contribution in [0.3, 0.4) is 0 Å². The van der Waals surface area contributed by atoms with E-state index in [-0.39, 0.29) is 5.82 Å². The largest absolute Gasteiger partial charge is 0.481 e. The highest BCUT2D eigenvalue weighted by Gasteiger charge is 2.29. The van der Waals surface area contributed by atoms with Gasteiger partial charge in [-0.3, -0.25) is 0 Å². The molecule has 0 fully saturated rings. The van der Waals surface area contributed by atoms with Crippen molar-refractivity contribution in [3.63, 3.8) is 0 Å². The number of benzene rings is 4. The highest BCUT2D eigenvalue weighted by Crippen LogP contribution is 2.29. The van der Waals surface area contributed by atoms with Gasteiger partial charge in [0.1, 0.15) is 5.82 Å². The zero-order valence-corrected chi connectivity index (χ0v) is 21.4. The first kappa shape index (κ1) is 27.6. The zero-order valence-electron chi connectivity index (χ0n) is 21.4. The van der Waals surface area contributed by atoms with Crippen molar-refractivity contribution in [2.24, 2.45) is 0 Å². The van der Waals surface area contributed by atoms with E-state index in [2.05, 4.69) is 35.9 Å². The number of unbranched alkanes of at least 4 members (excludes halogenated alkanes) is 3. The highest BCUT2D eigenvalue weighted by molar-refractivity contribution is 5.88. The first-order valence-electron chi connectivity index (χ1n) is 13.0. The Kier molecular flexibility index (Phi) is 9.03. The van der Waals surface area contributed by atoms with Crippen molar-refractivity contribution in [2.45, 2.75) is 58.0 Å². The predicted octanol–water partition coefficient (Wildman–Crippen LogP) is 9.63. The van der Waals surface area contributed by atoms with E-state index < -0.39 is 24.3 Å². The third-order valence-electron chi connectivity index (χ3n) is 6.71. The fraction of sp³-hybridized carbons (Fsp3) is 0.312. The second kappa shape index (κ2) is 12.4. The summed E-state index contributed by atoms with van der Waals surface area (Å²) in [5.41, 5.74) is 4.47. The van der Waals surface area contributed by atoms with Crippen LogP contribution >= 0.6 is 0 Å². The second-order valence-corrected chi connectivity index (χ2v) is 9.65. The van der Waals surface area contributed by atoms with Gasteiger partial charge in [0.15, 0.2) is 18.2 Å². The summed E-state index contributed by atoms with van der Waals surface area (Å²) in [5.74, 6) is -1.65. The molecule has 0 N–H and O–H groups in total. The average molecular weight is 527 g/mol. The van der Waals surface area contributed by atoms with Crippen LogP contribution in [-0.2, 0) is 19.3 Å². The van der Waals surface area contributed by atoms with Crippen LogP contribution < -0.4 is 4.74 Å². The first-order valence-corrected chi connectivity index (χ1v) is 13.0. The number of hydrogen-bond donors (Lipinski definition) is 0. The van der Waals surface area contributed by atoms with Crippen molar-refractivity contribution in [2.75, 3.05) is 6.61 Å². The van der Waals surface area contributed by atoms with Crippen LogP contribution in [0.15, 0.2) is 72.8 Å². The molecule has 0 aliphatic heterocycles. The predicted molar refractivity (Wildman–Crippen MR) is 143 cm³/mol. The van der Waals surface area contributed by atoms with Crippen LogP contribution in [0.25, 0.3) is 21.9 Å². The number of alkyl halides is 3. The number of rotatable bonds is 11. The molecule has 1 nitrogen and oxygen atoms in total. The van der Waals surface area contributed by atoms with E-state index in [1.165, 1.54) is 43.4 Å². The molecular weight excluding hydrogens is 495 g/mol. The van der Waals surface area contributed by atoms with Gasteiger partial charge in [0.05, 0.1) is 0 Å². The van der Waals surface area contributed by atoms with Gasteiger partial charge in [0.25, 0.3) is 0 Å². The molecule has 200 valence electrons. The summed E-state index contributed by atoms with van der Waals surface area (Å²) in [6.45, 7) is 0.650. The molecule has 0 saturated carbocycles. The van der Waals surface area contributed by atoms with E-state index in [0.717, 1.165) is 29.0 Å². The summed E-state index contributed by atoms with van der Waals surface area (Å²) >= 11 is 0. The summed E-state index contributed by atoms with van der Waals surface area (Å²) in [6, 6.07) is 21.6. The lowest BCUT2D eigenvalue weighted by Gasteiger charge is -2.11. The van der Waals surface area contributed by atoms with Crippen molar-refractivity contribution >= 4 is 10.8 Å². The van der Waals surface area contributed by atoms with Crippen LogP contribution in [0.1, 0.15) is 49.3 Å². The minimum absolute atomic E-state index is 0.318. The molecule has 38 heavy (non-hydrogen) atoms. The minimum atomic E-state index is -4.54. The molecular formula is C32H31F5O. The molecule has 0 aliphatic rings. The Hall–Kier alpha value is -3.41. The second-order valence-electron chi connectivity index (χ2n) is 9.65. The van der Waals surface area contributed by atoms with Gasteiger partial charge >= 0.3 is 6.18 Å². The summed E-state index contributed by atoms with van der Waals surface area (Å²) in [7, 11) is 0. The number of hydrogen-bond acceptors (Lipinski definition) is 1. The molecule has 0 amide bonds. The summed E-state index contributed by atoms with van der Waals surface area (Å²) in [4.78, 5) is 0. The fourth-order valence-electron chi connectivity index (χ4n) is 4.58. The van der Waals surface area contributed by atoms with E-state index in [1.54, 1.807) is 12.1 Å². The molecule has 4 aromatic rings. The van der Waals surface area contributed by atoms with Gasteiger partial charge in [-0.1, -0.05) is 80.8 Å². The molecule has 4 rings (SSSR count). The monoisotopic (exact) mass is 526 g/mol. The highest BCUT2D eigenvalue weighted by atomic mass is 19.4. The lowest BCUT2D eigenvalue weighted by molar-refractivity contribution is -0.153. The van der Waals surface area contributed by atoms with E-state index in [1.807, 2.05) is 18.2 Å². The number of ether oxygens (including phenoxy) is 1.